The fourth-order valence-electron chi connectivity index (χ4n) is 1.66. The van der Waals surface area contributed by atoms with Crippen LogP contribution < -0.4 is 5.32 Å². The Hall–Kier alpha value is -1.13. The maximum Gasteiger partial charge on any atom is 0.0762 e. The quantitative estimate of drug-likeness (QED) is 0.919. The van der Waals surface area contributed by atoms with E-state index in [0.29, 0.717) is 0 Å². The van der Waals surface area contributed by atoms with Crippen LogP contribution in [0.1, 0.15) is 18.2 Å². The number of benzene rings is 1. The summed E-state index contributed by atoms with van der Waals surface area (Å²) in [5.41, 5.74) is 2.33. The van der Waals surface area contributed by atoms with Gasteiger partial charge in [-0.25, -0.2) is 0 Å². The molecule has 90 valence electrons. The van der Waals surface area contributed by atoms with Crippen LogP contribution in [0.2, 0.25) is 0 Å². The molecule has 0 bridgehead atoms. The number of aromatic nitrogens is 2. The van der Waals surface area contributed by atoms with Crippen molar-refractivity contribution in [3.63, 3.8) is 0 Å². The first-order valence-electron chi connectivity index (χ1n) is 5.75. The molecule has 4 heteroatoms. The Morgan fingerprint density at radius 1 is 1.35 bits per heavy atom. The van der Waals surface area contributed by atoms with Gasteiger partial charge in [0.1, 0.15) is 0 Å². The number of halogens is 1. The molecule has 0 amide bonds. The molecule has 0 atom stereocenters. The van der Waals surface area contributed by atoms with E-state index >= 15 is 0 Å². The molecule has 0 fully saturated rings. The third-order valence-electron chi connectivity index (χ3n) is 2.49. The standard InChI is InChI=1S/C13H16BrN3/c1-2-15-9-13-6-7-17(16-13)10-11-4-3-5-12(14)8-11/h3-8,15H,2,9-10H2,1H3. The van der Waals surface area contributed by atoms with Crippen molar-refractivity contribution in [1.29, 1.82) is 0 Å². The number of rotatable bonds is 5. The predicted octanol–water partition coefficient (Wildman–Crippen LogP) is 2.80. The molecule has 1 aromatic carbocycles. The predicted molar refractivity (Wildman–Crippen MR) is 72.9 cm³/mol. The summed E-state index contributed by atoms with van der Waals surface area (Å²) in [5, 5.41) is 7.78. The fourth-order valence-corrected chi connectivity index (χ4v) is 2.11. The van der Waals surface area contributed by atoms with Crippen molar-refractivity contribution in [3.05, 3.63) is 52.3 Å². The van der Waals surface area contributed by atoms with Crippen molar-refractivity contribution < 1.29 is 0 Å². The zero-order valence-corrected chi connectivity index (χ0v) is 11.4. The lowest BCUT2D eigenvalue weighted by Gasteiger charge is -2.02. The lowest BCUT2D eigenvalue weighted by molar-refractivity contribution is 0.644. The van der Waals surface area contributed by atoms with Crippen LogP contribution in [0.4, 0.5) is 0 Å². The Balaban J connectivity index is 2.01. The normalized spacial score (nSPS) is 10.7. The maximum absolute atomic E-state index is 4.51. The summed E-state index contributed by atoms with van der Waals surface area (Å²) in [5.74, 6) is 0. The first-order valence-corrected chi connectivity index (χ1v) is 6.54. The summed E-state index contributed by atoms with van der Waals surface area (Å²) in [6.45, 7) is 4.71. The van der Waals surface area contributed by atoms with Gasteiger partial charge < -0.3 is 5.32 Å². The molecule has 0 saturated heterocycles. The summed E-state index contributed by atoms with van der Waals surface area (Å²) in [7, 11) is 0. The van der Waals surface area contributed by atoms with Crippen molar-refractivity contribution >= 4 is 15.9 Å². The first-order chi connectivity index (χ1) is 8.28. The second kappa shape index (κ2) is 5.98. The zero-order chi connectivity index (χ0) is 12.1. The van der Waals surface area contributed by atoms with E-state index in [4.69, 9.17) is 0 Å². The van der Waals surface area contributed by atoms with Gasteiger partial charge >= 0.3 is 0 Å². The highest BCUT2D eigenvalue weighted by Gasteiger charge is 2.00. The van der Waals surface area contributed by atoms with Gasteiger partial charge in [0.25, 0.3) is 0 Å². The van der Waals surface area contributed by atoms with Gasteiger partial charge in [0, 0.05) is 17.2 Å². The highest BCUT2D eigenvalue weighted by Crippen LogP contribution is 2.12. The Morgan fingerprint density at radius 3 is 3.00 bits per heavy atom. The molecule has 0 aliphatic rings. The Labute approximate surface area is 110 Å². The molecule has 2 rings (SSSR count). The lowest BCUT2D eigenvalue weighted by Crippen LogP contribution is -2.12. The van der Waals surface area contributed by atoms with E-state index in [1.54, 1.807) is 0 Å². The monoisotopic (exact) mass is 293 g/mol. The molecule has 1 N–H and O–H groups in total. The van der Waals surface area contributed by atoms with Crippen molar-refractivity contribution in [2.24, 2.45) is 0 Å². The molecule has 2 aromatic rings. The van der Waals surface area contributed by atoms with Gasteiger partial charge in [-0.3, -0.25) is 4.68 Å². The van der Waals surface area contributed by atoms with E-state index in [2.05, 4.69) is 51.5 Å². The summed E-state index contributed by atoms with van der Waals surface area (Å²) < 4.78 is 3.07. The van der Waals surface area contributed by atoms with Crippen LogP contribution in [0.3, 0.4) is 0 Å². The summed E-state index contributed by atoms with van der Waals surface area (Å²) >= 11 is 3.48. The third-order valence-corrected chi connectivity index (χ3v) is 2.98. The van der Waals surface area contributed by atoms with Crippen molar-refractivity contribution in [3.8, 4) is 0 Å². The average Bonchev–Trinajstić information content (AvgIpc) is 2.74. The molecular formula is C13H16BrN3. The topological polar surface area (TPSA) is 29.9 Å². The minimum absolute atomic E-state index is 0.811. The Morgan fingerprint density at radius 2 is 2.24 bits per heavy atom. The molecule has 3 nitrogen and oxygen atoms in total. The minimum Gasteiger partial charge on any atom is -0.311 e. The second-order valence-electron chi connectivity index (χ2n) is 3.91. The molecule has 1 heterocycles. The summed E-state index contributed by atoms with van der Waals surface area (Å²) in [6, 6.07) is 10.4. The molecule has 0 unspecified atom stereocenters. The van der Waals surface area contributed by atoms with E-state index in [9.17, 15) is 0 Å². The zero-order valence-electron chi connectivity index (χ0n) is 9.86. The van der Waals surface area contributed by atoms with Gasteiger partial charge in [0.15, 0.2) is 0 Å². The van der Waals surface area contributed by atoms with Crippen LogP contribution in [0, 0.1) is 0 Å². The van der Waals surface area contributed by atoms with Gasteiger partial charge in [0.2, 0.25) is 0 Å². The molecule has 1 aromatic heterocycles. The summed E-state index contributed by atoms with van der Waals surface area (Å²) in [4.78, 5) is 0. The largest absolute Gasteiger partial charge is 0.311 e. The highest BCUT2D eigenvalue weighted by molar-refractivity contribution is 9.10. The average molecular weight is 294 g/mol. The number of hydrogen-bond acceptors (Lipinski definition) is 2. The lowest BCUT2D eigenvalue weighted by atomic mass is 10.2. The SMILES string of the molecule is CCNCc1ccn(Cc2cccc(Br)c2)n1. The van der Waals surface area contributed by atoms with Gasteiger partial charge in [-0.05, 0) is 30.3 Å². The fraction of sp³-hybridized carbons (Fsp3) is 0.308. The molecule has 0 aliphatic carbocycles. The van der Waals surface area contributed by atoms with Gasteiger partial charge in [-0.15, -0.1) is 0 Å². The third kappa shape index (κ3) is 3.68. The molecule has 17 heavy (non-hydrogen) atoms. The molecule has 0 saturated carbocycles. The Kier molecular flexibility index (Phi) is 4.34. The Bertz CT molecular complexity index is 479. The van der Waals surface area contributed by atoms with Crippen LogP contribution in [0.5, 0.6) is 0 Å². The first kappa shape index (κ1) is 12.3. The van der Waals surface area contributed by atoms with Crippen LogP contribution in [0.15, 0.2) is 41.0 Å². The maximum atomic E-state index is 4.51. The van der Waals surface area contributed by atoms with Crippen molar-refractivity contribution in [1.82, 2.24) is 15.1 Å². The van der Waals surface area contributed by atoms with Crippen LogP contribution >= 0.6 is 15.9 Å². The van der Waals surface area contributed by atoms with Gasteiger partial charge in [-0.1, -0.05) is 35.0 Å². The minimum atomic E-state index is 0.811. The molecule has 0 radical (unpaired) electrons. The molecule has 0 aliphatic heterocycles. The molecular weight excluding hydrogens is 278 g/mol. The van der Waals surface area contributed by atoms with E-state index in [-0.39, 0.29) is 0 Å². The van der Waals surface area contributed by atoms with E-state index in [1.807, 2.05) is 23.0 Å². The highest BCUT2D eigenvalue weighted by atomic mass is 79.9. The van der Waals surface area contributed by atoms with E-state index in [1.165, 1.54) is 5.56 Å². The smallest absolute Gasteiger partial charge is 0.0762 e. The number of hydrogen-bond donors (Lipinski definition) is 1. The van der Waals surface area contributed by atoms with Crippen molar-refractivity contribution in [2.75, 3.05) is 6.54 Å². The summed E-state index contributed by atoms with van der Waals surface area (Å²) in [6.07, 6.45) is 2.02. The molecule has 0 spiro atoms. The van der Waals surface area contributed by atoms with Gasteiger partial charge in [-0.2, -0.15) is 5.10 Å². The van der Waals surface area contributed by atoms with Crippen molar-refractivity contribution in [2.45, 2.75) is 20.0 Å². The van der Waals surface area contributed by atoms with E-state index < -0.39 is 0 Å². The number of nitrogens with one attached hydrogen (secondary N) is 1. The van der Waals surface area contributed by atoms with Crippen LogP contribution in [-0.4, -0.2) is 16.3 Å². The second-order valence-corrected chi connectivity index (χ2v) is 4.83. The van der Waals surface area contributed by atoms with Crippen LogP contribution in [0.25, 0.3) is 0 Å². The van der Waals surface area contributed by atoms with Crippen LogP contribution in [-0.2, 0) is 13.1 Å². The number of nitrogens with zero attached hydrogens (tertiary/aromatic N) is 2. The van der Waals surface area contributed by atoms with E-state index in [0.717, 1.165) is 29.8 Å². The van der Waals surface area contributed by atoms with Gasteiger partial charge in [0.05, 0.1) is 12.2 Å².